The van der Waals surface area contributed by atoms with Gasteiger partial charge in [-0.2, -0.15) is 0 Å². The van der Waals surface area contributed by atoms with Gasteiger partial charge in [-0.3, -0.25) is 14.3 Å². The highest BCUT2D eigenvalue weighted by Gasteiger charge is 2.47. The number of hydrogen-bond donors (Lipinski definition) is 1. The van der Waals surface area contributed by atoms with Gasteiger partial charge >= 0.3 is 5.69 Å². The van der Waals surface area contributed by atoms with Crippen molar-refractivity contribution in [1.82, 2.24) is 9.55 Å². The zero-order chi connectivity index (χ0) is 35.6. The van der Waals surface area contributed by atoms with Crippen LogP contribution in [0.25, 0.3) is 0 Å². The van der Waals surface area contributed by atoms with E-state index in [-0.39, 0.29) is 17.7 Å². The maximum absolute atomic E-state index is 13.2. The van der Waals surface area contributed by atoms with E-state index in [1.165, 1.54) is 4.57 Å². The number of H-pyrrole nitrogens is 1. The van der Waals surface area contributed by atoms with E-state index in [2.05, 4.69) is 51.0 Å². The number of ether oxygens (including phenoxy) is 4. The van der Waals surface area contributed by atoms with E-state index in [9.17, 15) is 9.59 Å². The first-order valence-corrected chi connectivity index (χ1v) is 19.5. The average Bonchev–Trinajstić information content (AvgIpc) is 3.46. The second-order valence-electron chi connectivity index (χ2n) is 14.2. The van der Waals surface area contributed by atoms with Crippen molar-refractivity contribution in [3.05, 3.63) is 123 Å². The summed E-state index contributed by atoms with van der Waals surface area (Å²) in [5.74, 6) is 1.46. The molecule has 11 heteroatoms. The molecule has 0 aliphatic carbocycles. The minimum Gasteiger partial charge on any atom is -0.497 e. The Morgan fingerprint density at radius 3 is 1.88 bits per heavy atom. The van der Waals surface area contributed by atoms with Gasteiger partial charge in [0.2, 0.25) is 0 Å². The Labute approximate surface area is 289 Å². The average molecular weight is 688 g/mol. The molecule has 0 amide bonds. The van der Waals surface area contributed by atoms with Crippen molar-refractivity contribution >= 4 is 14.0 Å². The van der Waals surface area contributed by atoms with Crippen LogP contribution in [0.1, 0.15) is 50.1 Å². The van der Waals surface area contributed by atoms with Crippen molar-refractivity contribution in [3.8, 4) is 11.5 Å². The van der Waals surface area contributed by atoms with Gasteiger partial charge in [-0.25, -0.2) is 4.79 Å². The summed E-state index contributed by atoms with van der Waals surface area (Å²) in [5.41, 5.74) is 1.02. The Bertz CT molecular complexity index is 1770. The Hall–Kier alpha value is -4.16. The summed E-state index contributed by atoms with van der Waals surface area (Å²) in [6.07, 6.45) is 0.358. The molecule has 1 saturated heterocycles. The van der Waals surface area contributed by atoms with Crippen LogP contribution in [0.3, 0.4) is 0 Å². The van der Waals surface area contributed by atoms with Crippen LogP contribution in [0.4, 0.5) is 5.69 Å². The normalized spacial score (nSPS) is 18.3. The van der Waals surface area contributed by atoms with Gasteiger partial charge in [0.15, 0.2) is 8.32 Å². The highest BCUT2D eigenvalue weighted by atomic mass is 28.4. The van der Waals surface area contributed by atoms with Crippen molar-refractivity contribution in [2.24, 2.45) is 0 Å². The van der Waals surface area contributed by atoms with Crippen molar-refractivity contribution < 1.29 is 23.4 Å². The molecule has 5 rings (SSSR count). The summed E-state index contributed by atoms with van der Waals surface area (Å²) in [7, 11) is 4.51. The van der Waals surface area contributed by atoms with Crippen LogP contribution in [0, 0.1) is 0 Å². The van der Waals surface area contributed by atoms with Crippen LogP contribution < -0.4 is 25.6 Å². The van der Waals surface area contributed by atoms with Crippen molar-refractivity contribution in [2.75, 3.05) is 39.8 Å². The number of nitrogens with zero attached hydrogens (tertiary/aromatic N) is 2. The molecule has 1 fully saturated rings. The molecule has 0 bridgehead atoms. The molecule has 1 aromatic heterocycles. The molecule has 10 nitrogen and oxygen atoms in total. The SMILES string of the molecule is COc1ccc(C(OC[C@H]2O[C@@H](n3cc(N(C)C)c(=O)[nH]c3=O)C[C@@H]2O[Si](C)(C)C(C)(C)C)(c2ccccc2)c2ccc(OC)cc2)cc1. The Morgan fingerprint density at radius 2 is 1.39 bits per heavy atom. The molecule has 3 atom stereocenters. The largest absolute Gasteiger partial charge is 0.497 e. The molecular weight excluding hydrogens is 639 g/mol. The number of aromatic amines is 1. The third-order valence-electron chi connectivity index (χ3n) is 9.81. The Balaban J connectivity index is 1.61. The Morgan fingerprint density at radius 1 is 0.857 bits per heavy atom. The minimum absolute atomic E-state index is 0.0661. The maximum Gasteiger partial charge on any atom is 0.330 e. The smallest absolute Gasteiger partial charge is 0.330 e. The highest BCUT2D eigenvalue weighted by molar-refractivity contribution is 6.74. The van der Waals surface area contributed by atoms with E-state index < -0.39 is 37.5 Å². The third kappa shape index (κ3) is 7.40. The monoisotopic (exact) mass is 687 g/mol. The minimum atomic E-state index is -2.30. The molecule has 1 aliphatic rings. The van der Waals surface area contributed by atoms with Crippen LogP contribution in [0.2, 0.25) is 18.1 Å². The molecule has 0 saturated carbocycles. The lowest BCUT2D eigenvalue weighted by atomic mass is 9.80. The van der Waals surface area contributed by atoms with Gasteiger partial charge in [-0.1, -0.05) is 75.4 Å². The van der Waals surface area contributed by atoms with E-state index in [1.807, 2.05) is 66.7 Å². The van der Waals surface area contributed by atoms with E-state index in [0.29, 0.717) is 12.1 Å². The summed E-state index contributed by atoms with van der Waals surface area (Å²) in [6, 6.07) is 25.8. The maximum atomic E-state index is 13.2. The topological polar surface area (TPSA) is 104 Å². The van der Waals surface area contributed by atoms with Crippen LogP contribution in [-0.4, -0.2) is 65.0 Å². The molecule has 49 heavy (non-hydrogen) atoms. The zero-order valence-corrected chi connectivity index (χ0v) is 31.0. The number of nitrogens with one attached hydrogen (secondary N) is 1. The van der Waals surface area contributed by atoms with Gasteiger partial charge in [0.05, 0.1) is 26.9 Å². The summed E-state index contributed by atoms with van der Waals surface area (Å²) in [6.45, 7) is 11.1. The number of methoxy groups -OCH3 is 2. The molecule has 0 radical (unpaired) electrons. The number of rotatable bonds is 12. The molecule has 262 valence electrons. The lowest BCUT2D eigenvalue weighted by Gasteiger charge is -2.40. The summed E-state index contributed by atoms with van der Waals surface area (Å²) >= 11 is 0. The van der Waals surface area contributed by atoms with Gasteiger partial charge in [0.1, 0.15) is 35.1 Å². The number of anilines is 1. The van der Waals surface area contributed by atoms with Gasteiger partial charge in [-0.05, 0) is 59.1 Å². The van der Waals surface area contributed by atoms with Crippen molar-refractivity contribution in [3.63, 3.8) is 0 Å². The standard InChI is InChI=1S/C38H49N3O7Si/c1-37(2,3)49(8,9)48-32-23-34(41-24-31(40(4)5)35(42)39-36(41)43)47-33(32)25-46-38(26-13-11-10-12-14-26,27-15-19-29(44-6)20-16-27)28-17-21-30(45-7)22-18-28/h10-22,24,32-34H,23,25H2,1-9H3,(H,39,42,43)/t32-,33+,34+/m0/s1. The molecular formula is C38H49N3O7Si. The fraction of sp³-hybridized carbons (Fsp3) is 0.421. The lowest BCUT2D eigenvalue weighted by Crippen LogP contribution is -2.47. The quantitative estimate of drug-likeness (QED) is 0.137. The fourth-order valence-electron chi connectivity index (χ4n) is 5.99. The van der Waals surface area contributed by atoms with E-state index in [1.54, 1.807) is 39.4 Å². The second kappa shape index (κ2) is 14.4. The Kier molecular flexibility index (Phi) is 10.6. The summed E-state index contributed by atoms with van der Waals surface area (Å²) in [5, 5.41) is -0.0661. The molecule has 1 N–H and O–H groups in total. The van der Waals surface area contributed by atoms with Crippen LogP contribution in [0.5, 0.6) is 11.5 Å². The zero-order valence-electron chi connectivity index (χ0n) is 30.0. The number of aromatic nitrogens is 2. The molecule has 3 aromatic carbocycles. The van der Waals surface area contributed by atoms with Gasteiger partial charge in [0.25, 0.3) is 5.56 Å². The predicted molar refractivity (Wildman–Crippen MR) is 195 cm³/mol. The summed E-state index contributed by atoms with van der Waals surface area (Å²) < 4.78 is 33.4. The molecule has 0 unspecified atom stereocenters. The molecule has 0 spiro atoms. The lowest BCUT2D eigenvalue weighted by molar-refractivity contribution is -0.0928. The van der Waals surface area contributed by atoms with Crippen LogP contribution in [0.15, 0.2) is 94.6 Å². The number of hydrogen-bond acceptors (Lipinski definition) is 8. The van der Waals surface area contributed by atoms with E-state index in [4.69, 9.17) is 23.4 Å². The summed E-state index contributed by atoms with van der Waals surface area (Å²) in [4.78, 5) is 29.9. The van der Waals surface area contributed by atoms with Gasteiger partial charge < -0.3 is 28.3 Å². The van der Waals surface area contributed by atoms with Crippen LogP contribution >= 0.6 is 0 Å². The van der Waals surface area contributed by atoms with Crippen molar-refractivity contribution in [2.45, 2.75) is 69.4 Å². The molecule has 4 aromatic rings. The number of benzene rings is 3. The first-order valence-electron chi connectivity index (χ1n) is 16.5. The first kappa shape index (κ1) is 36.1. The third-order valence-corrected chi connectivity index (χ3v) is 14.3. The second-order valence-corrected chi connectivity index (χ2v) is 18.9. The predicted octanol–water partition coefficient (Wildman–Crippen LogP) is 6.31. The van der Waals surface area contributed by atoms with Gasteiger partial charge in [0, 0.05) is 26.7 Å². The van der Waals surface area contributed by atoms with Gasteiger partial charge in [-0.15, -0.1) is 0 Å². The molecule has 1 aliphatic heterocycles. The van der Waals surface area contributed by atoms with Crippen LogP contribution in [-0.2, 0) is 19.5 Å². The van der Waals surface area contributed by atoms with E-state index in [0.717, 1.165) is 28.2 Å². The molecule has 2 heterocycles. The van der Waals surface area contributed by atoms with E-state index >= 15 is 0 Å². The highest BCUT2D eigenvalue weighted by Crippen LogP contribution is 2.44. The fourth-order valence-corrected chi connectivity index (χ4v) is 7.35. The van der Waals surface area contributed by atoms with Crippen molar-refractivity contribution in [1.29, 1.82) is 0 Å². The first-order chi connectivity index (χ1) is 23.2.